The van der Waals surface area contributed by atoms with Crippen LogP contribution in [0.3, 0.4) is 0 Å². The Labute approximate surface area is 178 Å². The Hall–Kier alpha value is -3.07. The Morgan fingerprint density at radius 3 is 2.83 bits per heavy atom. The predicted molar refractivity (Wildman–Crippen MR) is 115 cm³/mol. The number of quaternary nitrogens is 1. The van der Waals surface area contributed by atoms with Crippen LogP contribution in [0.15, 0.2) is 48.9 Å². The van der Waals surface area contributed by atoms with Gasteiger partial charge >= 0.3 is 5.91 Å². The largest absolute Gasteiger partial charge is 0.397 e. The molecule has 9 heteroatoms. The van der Waals surface area contributed by atoms with Crippen molar-refractivity contribution < 1.29 is 9.53 Å². The lowest BCUT2D eigenvalue weighted by molar-refractivity contribution is 0.0844. The molecule has 1 atom stereocenters. The van der Waals surface area contributed by atoms with Crippen LogP contribution in [0.5, 0.6) is 0 Å². The molecule has 1 aromatic carbocycles. The third-order valence-electron chi connectivity index (χ3n) is 5.44. The number of aromatic nitrogens is 3. The van der Waals surface area contributed by atoms with Crippen molar-refractivity contribution in [2.24, 2.45) is 0 Å². The molecule has 0 bridgehead atoms. The maximum absolute atomic E-state index is 13.5. The fraction of sp³-hybridized carbons (Fsp3) is 0.238. The molecule has 0 radical (unpaired) electrons. The van der Waals surface area contributed by atoms with Crippen LogP contribution < -0.4 is 14.9 Å². The Bertz CT molecular complexity index is 1130. The van der Waals surface area contributed by atoms with E-state index in [0.29, 0.717) is 35.4 Å². The van der Waals surface area contributed by atoms with Crippen molar-refractivity contribution in [1.82, 2.24) is 19.5 Å². The zero-order valence-corrected chi connectivity index (χ0v) is 17.1. The van der Waals surface area contributed by atoms with Gasteiger partial charge in [0.15, 0.2) is 0 Å². The molecular weight excluding hydrogens is 404 g/mol. The van der Waals surface area contributed by atoms with Crippen LogP contribution in [0.2, 0.25) is 5.02 Å². The molecule has 8 nitrogen and oxygen atoms in total. The number of pyridine rings is 1. The maximum atomic E-state index is 13.5. The van der Waals surface area contributed by atoms with E-state index in [-0.39, 0.29) is 10.5 Å². The maximum Gasteiger partial charge on any atom is 0.397 e. The molecule has 0 saturated carbocycles. The van der Waals surface area contributed by atoms with Gasteiger partial charge in [-0.05, 0) is 18.2 Å². The summed E-state index contributed by atoms with van der Waals surface area (Å²) >= 11 is 6.11. The molecule has 5 rings (SSSR count). The van der Waals surface area contributed by atoms with Gasteiger partial charge in [-0.1, -0.05) is 23.7 Å². The second-order valence-electron chi connectivity index (χ2n) is 7.35. The molecule has 3 aromatic rings. The van der Waals surface area contributed by atoms with Crippen LogP contribution in [0.1, 0.15) is 10.5 Å². The lowest BCUT2D eigenvalue weighted by Crippen LogP contribution is -2.52. The van der Waals surface area contributed by atoms with Crippen molar-refractivity contribution in [2.75, 3.05) is 43.7 Å². The van der Waals surface area contributed by atoms with E-state index in [0.717, 1.165) is 30.0 Å². The van der Waals surface area contributed by atoms with E-state index in [1.165, 1.54) is 0 Å². The van der Waals surface area contributed by atoms with Gasteiger partial charge in [0.25, 0.3) is 0 Å². The first-order chi connectivity index (χ1) is 14.6. The van der Waals surface area contributed by atoms with E-state index < -0.39 is 0 Å². The molecule has 1 N–H and O–H groups in total. The van der Waals surface area contributed by atoms with Gasteiger partial charge in [0.2, 0.25) is 17.2 Å². The van der Waals surface area contributed by atoms with Gasteiger partial charge < -0.3 is 9.64 Å². The molecule has 2 aliphatic heterocycles. The van der Waals surface area contributed by atoms with Crippen molar-refractivity contribution in [3.8, 4) is 11.3 Å². The summed E-state index contributed by atoms with van der Waals surface area (Å²) in [5.74, 6) is 0.258. The van der Waals surface area contributed by atoms with Gasteiger partial charge in [-0.15, -0.1) is 4.59 Å². The number of ether oxygens (including phenoxy) is 1. The Kier molecular flexibility index (Phi) is 4.62. The summed E-state index contributed by atoms with van der Waals surface area (Å²) in [5.41, 5.74) is 6.63. The topological polar surface area (TPSA) is 80.2 Å². The van der Waals surface area contributed by atoms with Crippen molar-refractivity contribution in [2.45, 2.75) is 0 Å². The number of nitrogens with one attached hydrogen (secondary N) is 1. The monoisotopic (exact) mass is 423 g/mol. The molecule has 0 aliphatic carbocycles. The summed E-state index contributed by atoms with van der Waals surface area (Å²) in [6.07, 6.45) is 5.11. The normalized spacial score (nSPS) is 20.7. The molecule has 152 valence electrons. The summed E-state index contributed by atoms with van der Waals surface area (Å²) in [6, 6.07) is 9.26. The predicted octanol–water partition coefficient (Wildman–Crippen LogP) is 3.15. The van der Waals surface area contributed by atoms with Crippen molar-refractivity contribution in [3.63, 3.8) is 0 Å². The van der Waals surface area contributed by atoms with E-state index in [2.05, 4.69) is 25.3 Å². The molecular formula is C21H20ClN6O2+. The van der Waals surface area contributed by atoms with Gasteiger partial charge in [0, 0.05) is 29.9 Å². The average Bonchev–Trinajstić information content (AvgIpc) is 3.05. The summed E-state index contributed by atoms with van der Waals surface area (Å²) in [6.45, 7) is 2.82. The first-order valence-corrected chi connectivity index (χ1v) is 10.0. The zero-order chi connectivity index (χ0) is 20.7. The minimum absolute atomic E-state index is 0.186. The number of rotatable bonds is 3. The number of carbonyl (C=O) groups excluding carboxylic acids is 1. The number of nitrogens with zero attached hydrogens (tertiary/aromatic N) is 5. The summed E-state index contributed by atoms with van der Waals surface area (Å²) in [5, 5.41) is 0.602. The van der Waals surface area contributed by atoms with E-state index in [1.54, 1.807) is 37.8 Å². The first kappa shape index (κ1) is 18.9. The summed E-state index contributed by atoms with van der Waals surface area (Å²) < 4.78 is 5.29. The fourth-order valence-electron chi connectivity index (χ4n) is 3.85. The highest BCUT2D eigenvalue weighted by Gasteiger charge is 2.49. The van der Waals surface area contributed by atoms with Crippen LogP contribution in [-0.2, 0) is 4.74 Å². The molecule has 2 aliphatic rings. The second kappa shape index (κ2) is 7.32. The smallest absolute Gasteiger partial charge is 0.378 e. The van der Waals surface area contributed by atoms with Crippen molar-refractivity contribution >= 4 is 34.7 Å². The molecule has 1 amide bonds. The van der Waals surface area contributed by atoms with E-state index in [9.17, 15) is 4.79 Å². The number of anilines is 2. The number of fused-ring (bicyclic) bond motifs is 1. The van der Waals surface area contributed by atoms with Crippen LogP contribution in [0, 0.1) is 0 Å². The third kappa shape index (κ3) is 3.09. The van der Waals surface area contributed by atoms with Crippen LogP contribution in [0.25, 0.3) is 11.3 Å². The minimum atomic E-state index is -0.191. The number of carbonyl (C=O) groups is 1. The van der Waals surface area contributed by atoms with Crippen LogP contribution in [0.4, 0.5) is 17.2 Å². The number of hydrogen-bond donors (Lipinski definition) is 1. The van der Waals surface area contributed by atoms with E-state index in [4.69, 9.17) is 16.3 Å². The zero-order valence-electron chi connectivity index (χ0n) is 16.4. The van der Waals surface area contributed by atoms with Crippen LogP contribution >= 0.6 is 11.6 Å². The molecule has 2 aromatic heterocycles. The molecule has 0 spiro atoms. The summed E-state index contributed by atoms with van der Waals surface area (Å²) in [4.78, 5) is 29.1. The van der Waals surface area contributed by atoms with Gasteiger partial charge in [-0.3, -0.25) is 4.98 Å². The summed E-state index contributed by atoms with van der Waals surface area (Å²) in [7, 11) is 1.80. The number of hydrogen-bond acceptors (Lipinski definition) is 7. The Morgan fingerprint density at radius 2 is 2.03 bits per heavy atom. The lowest BCUT2D eigenvalue weighted by atomic mass is 10.1. The minimum Gasteiger partial charge on any atom is -0.378 e. The van der Waals surface area contributed by atoms with E-state index >= 15 is 0 Å². The molecule has 1 fully saturated rings. The number of morpholine rings is 1. The van der Waals surface area contributed by atoms with Gasteiger partial charge in [-0.2, -0.15) is 0 Å². The highest BCUT2D eigenvalue weighted by Crippen LogP contribution is 2.39. The Balaban J connectivity index is 1.54. The molecule has 1 unspecified atom stereocenters. The molecule has 30 heavy (non-hydrogen) atoms. The lowest BCUT2D eigenvalue weighted by Gasteiger charge is -2.33. The molecule has 4 heterocycles. The van der Waals surface area contributed by atoms with Gasteiger partial charge in [0.05, 0.1) is 31.3 Å². The third-order valence-corrected chi connectivity index (χ3v) is 5.68. The average molecular weight is 424 g/mol. The standard InChI is InChI=1S/C21H19ClN6O2/c1-28(18-13-23-6-5-17(18)27-7-9-30-10-8-27)21(29)19-20(26-28)24-12-16(25-19)14-3-2-4-15(22)11-14/h2-6,11-13H,7-10H2,1H3/p+1. The highest BCUT2D eigenvalue weighted by atomic mass is 35.5. The number of halogens is 1. The van der Waals surface area contributed by atoms with Gasteiger partial charge in [-0.25, -0.2) is 20.2 Å². The number of benzene rings is 1. The SMILES string of the molecule is C[N+]1(c2cnccc2N2CCOCC2)Nc2ncc(-c3cccc(Cl)c3)nc2C1=O. The number of amides is 1. The highest BCUT2D eigenvalue weighted by molar-refractivity contribution is 6.30. The first-order valence-electron chi connectivity index (χ1n) is 9.66. The van der Waals surface area contributed by atoms with Gasteiger partial charge in [0.1, 0.15) is 12.7 Å². The quantitative estimate of drug-likeness (QED) is 0.648. The van der Waals surface area contributed by atoms with Crippen molar-refractivity contribution in [1.29, 1.82) is 0 Å². The van der Waals surface area contributed by atoms with Crippen molar-refractivity contribution in [3.05, 3.63) is 59.6 Å². The second-order valence-corrected chi connectivity index (χ2v) is 7.79. The fourth-order valence-corrected chi connectivity index (χ4v) is 4.04. The van der Waals surface area contributed by atoms with E-state index in [1.807, 2.05) is 18.2 Å². The van der Waals surface area contributed by atoms with Crippen LogP contribution in [-0.4, -0.2) is 54.2 Å². The molecule has 1 saturated heterocycles. The Morgan fingerprint density at radius 1 is 1.20 bits per heavy atom.